The molecule has 0 heterocycles. The summed E-state index contributed by atoms with van der Waals surface area (Å²) >= 11 is 6.06. The molecule has 0 aromatic heterocycles. The molecule has 5 heteroatoms. The third-order valence-electron chi connectivity index (χ3n) is 4.44. The maximum Gasteiger partial charge on any atom is 0.193 e. The molecule has 0 aliphatic heterocycles. The van der Waals surface area contributed by atoms with E-state index in [1.807, 2.05) is 32.2 Å². The molecule has 1 fully saturated rings. The molecule has 0 saturated heterocycles. The van der Waals surface area contributed by atoms with Crippen molar-refractivity contribution < 1.29 is 4.74 Å². The van der Waals surface area contributed by atoms with Crippen LogP contribution in [-0.2, 0) is 11.3 Å². The van der Waals surface area contributed by atoms with Gasteiger partial charge in [-0.1, -0.05) is 23.7 Å². The summed E-state index contributed by atoms with van der Waals surface area (Å²) in [5, 5.41) is 4.29. The Bertz CT molecular complexity index is 529. The lowest BCUT2D eigenvalue weighted by Gasteiger charge is -2.24. The Labute approximate surface area is 144 Å². The smallest absolute Gasteiger partial charge is 0.193 e. The number of guanidine groups is 1. The van der Waals surface area contributed by atoms with Crippen molar-refractivity contribution >= 4 is 17.6 Å². The normalized spacial score (nSPS) is 16.3. The molecule has 0 radical (unpaired) electrons. The zero-order valence-corrected chi connectivity index (χ0v) is 15.2. The molecule has 0 unspecified atom stereocenters. The van der Waals surface area contributed by atoms with Crippen molar-refractivity contribution in [3.63, 3.8) is 0 Å². The van der Waals surface area contributed by atoms with Gasteiger partial charge < -0.3 is 15.0 Å². The second-order valence-electron chi connectivity index (χ2n) is 6.33. The Morgan fingerprint density at radius 2 is 2.22 bits per heavy atom. The molecule has 1 aliphatic rings. The van der Waals surface area contributed by atoms with Crippen molar-refractivity contribution in [3.8, 4) is 0 Å². The zero-order valence-electron chi connectivity index (χ0n) is 14.4. The van der Waals surface area contributed by atoms with Crippen molar-refractivity contribution in [2.75, 3.05) is 33.9 Å². The summed E-state index contributed by atoms with van der Waals surface area (Å²) < 4.78 is 5.50. The van der Waals surface area contributed by atoms with Gasteiger partial charge in [-0.25, -0.2) is 0 Å². The van der Waals surface area contributed by atoms with Crippen LogP contribution in [0.25, 0.3) is 0 Å². The summed E-state index contributed by atoms with van der Waals surface area (Å²) in [6.07, 6.45) is 3.69. The summed E-state index contributed by atoms with van der Waals surface area (Å²) in [5.74, 6) is 0.924. The highest BCUT2D eigenvalue weighted by molar-refractivity contribution is 6.30. The fourth-order valence-corrected chi connectivity index (χ4v) is 2.97. The fourth-order valence-electron chi connectivity index (χ4n) is 2.76. The zero-order chi connectivity index (χ0) is 16.7. The van der Waals surface area contributed by atoms with E-state index in [1.165, 1.54) is 18.4 Å². The lowest BCUT2D eigenvalue weighted by Crippen LogP contribution is -2.41. The first-order valence-electron chi connectivity index (χ1n) is 8.32. The highest BCUT2D eigenvalue weighted by Crippen LogP contribution is 2.48. The van der Waals surface area contributed by atoms with Gasteiger partial charge >= 0.3 is 0 Å². The molecule has 0 amide bonds. The lowest BCUT2D eigenvalue weighted by atomic mass is 10.0. The number of hydrogen-bond donors (Lipinski definition) is 1. The highest BCUT2D eigenvalue weighted by atomic mass is 35.5. The highest BCUT2D eigenvalue weighted by Gasteiger charge is 2.42. The van der Waals surface area contributed by atoms with Crippen LogP contribution in [0.4, 0.5) is 0 Å². The second-order valence-corrected chi connectivity index (χ2v) is 6.77. The first-order valence-corrected chi connectivity index (χ1v) is 8.70. The third kappa shape index (κ3) is 5.70. The average molecular weight is 338 g/mol. The molecule has 1 aromatic carbocycles. The Morgan fingerprint density at radius 3 is 2.83 bits per heavy atom. The largest absolute Gasteiger partial charge is 0.382 e. The van der Waals surface area contributed by atoms with Gasteiger partial charge in [0.1, 0.15) is 0 Å². The Kier molecular flexibility index (Phi) is 6.72. The monoisotopic (exact) mass is 337 g/mol. The van der Waals surface area contributed by atoms with E-state index in [1.54, 1.807) is 0 Å². The van der Waals surface area contributed by atoms with Gasteiger partial charge in [0.2, 0.25) is 0 Å². The molecule has 23 heavy (non-hydrogen) atoms. The lowest BCUT2D eigenvalue weighted by molar-refractivity contribution is 0.128. The van der Waals surface area contributed by atoms with E-state index in [2.05, 4.69) is 28.3 Å². The maximum absolute atomic E-state index is 6.06. The first-order chi connectivity index (χ1) is 11.1. The van der Waals surface area contributed by atoms with E-state index in [9.17, 15) is 0 Å². The number of hydrogen-bond acceptors (Lipinski definition) is 2. The van der Waals surface area contributed by atoms with E-state index in [4.69, 9.17) is 16.3 Å². The van der Waals surface area contributed by atoms with E-state index in [0.717, 1.165) is 43.7 Å². The molecular weight excluding hydrogens is 310 g/mol. The Morgan fingerprint density at radius 1 is 1.43 bits per heavy atom. The molecule has 1 aliphatic carbocycles. The van der Waals surface area contributed by atoms with Crippen LogP contribution in [0, 0.1) is 5.41 Å². The van der Waals surface area contributed by atoms with Crippen LogP contribution < -0.4 is 5.32 Å². The summed E-state index contributed by atoms with van der Waals surface area (Å²) in [6, 6.07) is 7.96. The van der Waals surface area contributed by atoms with Crippen LogP contribution in [0.3, 0.4) is 0 Å². The standard InChI is InChI=1S/C18H28ClN3O/c1-4-23-11-10-18(8-9-18)14-21-17(20-2)22(3)13-15-6-5-7-16(19)12-15/h5-7,12H,4,8-11,13-14H2,1-3H3,(H,20,21). The molecule has 1 N–H and O–H groups in total. The minimum absolute atomic E-state index is 0.405. The van der Waals surface area contributed by atoms with Gasteiger partial charge in [-0.2, -0.15) is 0 Å². The van der Waals surface area contributed by atoms with E-state index < -0.39 is 0 Å². The van der Waals surface area contributed by atoms with Gasteiger partial charge in [-0.3, -0.25) is 4.99 Å². The van der Waals surface area contributed by atoms with E-state index >= 15 is 0 Å². The topological polar surface area (TPSA) is 36.9 Å². The number of halogens is 1. The van der Waals surface area contributed by atoms with Crippen LogP contribution >= 0.6 is 11.6 Å². The Balaban J connectivity index is 1.83. The quantitative estimate of drug-likeness (QED) is 0.448. The predicted molar refractivity (Wildman–Crippen MR) is 97.1 cm³/mol. The molecule has 1 aromatic rings. The minimum atomic E-state index is 0.405. The average Bonchev–Trinajstić information content (AvgIpc) is 3.28. The molecule has 4 nitrogen and oxygen atoms in total. The van der Waals surface area contributed by atoms with Crippen LogP contribution in [0.1, 0.15) is 31.7 Å². The summed E-state index contributed by atoms with van der Waals surface area (Å²) in [4.78, 5) is 6.53. The number of benzene rings is 1. The molecule has 2 rings (SSSR count). The molecular formula is C18H28ClN3O. The van der Waals surface area contributed by atoms with Gasteiger partial charge in [-0.15, -0.1) is 0 Å². The van der Waals surface area contributed by atoms with Crippen LogP contribution in [0.5, 0.6) is 0 Å². The minimum Gasteiger partial charge on any atom is -0.382 e. The van der Waals surface area contributed by atoms with Gasteiger partial charge in [0.25, 0.3) is 0 Å². The summed E-state index contributed by atoms with van der Waals surface area (Å²) in [5.41, 5.74) is 1.59. The Hall–Kier alpha value is -1.26. The van der Waals surface area contributed by atoms with Crippen molar-refractivity contribution in [3.05, 3.63) is 34.9 Å². The van der Waals surface area contributed by atoms with Crippen molar-refractivity contribution in [1.82, 2.24) is 10.2 Å². The van der Waals surface area contributed by atoms with Gasteiger partial charge in [0.15, 0.2) is 5.96 Å². The van der Waals surface area contributed by atoms with Crippen LogP contribution in [0.15, 0.2) is 29.3 Å². The fraction of sp³-hybridized carbons (Fsp3) is 0.611. The molecule has 1 saturated carbocycles. The number of nitrogens with one attached hydrogen (secondary N) is 1. The van der Waals surface area contributed by atoms with Crippen LogP contribution in [0.2, 0.25) is 5.02 Å². The molecule has 0 atom stereocenters. The number of rotatable bonds is 8. The molecule has 0 spiro atoms. The SMILES string of the molecule is CCOCCC1(CNC(=NC)N(C)Cc2cccc(Cl)c2)CC1. The maximum atomic E-state index is 6.06. The number of aliphatic imine (C=N–C) groups is 1. The van der Waals surface area contributed by atoms with Crippen molar-refractivity contribution in [2.45, 2.75) is 32.7 Å². The summed E-state index contributed by atoms with van der Waals surface area (Å²) in [7, 11) is 3.88. The second kappa shape index (κ2) is 8.55. The van der Waals surface area contributed by atoms with E-state index in [0.29, 0.717) is 5.41 Å². The van der Waals surface area contributed by atoms with Crippen molar-refractivity contribution in [2.24, 2.45) is 10.4 Å². The number of ether oxygens (including phenoxy) is 1. The predicted octanol–water partition coefficient (Wildman–Crippen LogP) is 3.55. The van der Waals surface area contributed by atoms with Gasteiger partial charge in [-0.05, 0) is 49.3 Å². The van der Waals surface area contributed by atoms with Crippen LogP contribution in [-0.4, -0.2) is 44.7 Å². The van der Waals surface area contributed by atoms with E-state index in [-0.39, 0.29) is 0 Å². The first kappa shape index (κ1) is 18.1. The summed E-state index contributed by atoms with van der Waals surface area (Å²) in [6.45, 7) is 5.45. The third-order valence-corrected chi connectivity index (χ3v) is 4.68. The molecule has 0 bridgehead atoms. The van der Waals surface area contributed by atoms with Gasteiger partial charge in [0.05, 0.1) is 0 Å². The molecule has 128 valence electrons. The van der Waals surface area contributed by atoms with Gasteiger partial charge in [0, 0.05) is 45.4 Å². The van der Waals surface area contributed by atoms with Crippen molar-refractivity contribution in [1.29, 1.82) is 0 Å². The number of nitrogens with zero attached hydrogens (tertiary/aromatic N) is 2.